The molecule has 0 N–H and O–H groups in total. The second-order valence-electron chi connectivity index (χ2n) is 15.8. The van der Waals surface area contributed by atoms with Crippen molar-refractivity contribution in [3.8, 4) is 50.2 Å². The molecule has 1 aliphatic rings. The van der Waals surface area contributed by atoms with Gasteiger partial charge in [-0.15, -0.1) is 0 Å². The molecule has 0 aliphatic heterocycles. The van der Waals surface area contributed by atoms with Crippen LogP contribution in [0, 0.1) is 0 Å². The van der Waals surface area contributed by atoms with E-state index in [0.717, 1.165) is 29.0 Å². The summed E-state index contributed by atoms with van der Waals surface area (Å²) in [5, 5.41) is 7.49. The second-order valence-corrected chi connectivity index (χ2v) is 15.8. The van der Waals surface area contributed by atoms with E-state index in [1.165, 1.54) is 88.0 Å². The Kier molecular flexibility index (Phi) is 7.21. The zero-order chi connectivity index (χ0) is 37.5. The molecule has 0 saturated carbocycles. The summed E-state index contributed by atoms with van der Waals surface area (Å²) in [6.07, 6.45) is 0.865. The van der Waals surface area contributed by atoms with Crippen LogP contribution in [-0.2, 0) is 11.8 Å². The van der Waals surface area contributed by atoms with Crippen LogP contribution in [0.15, 0.2) is 176 Å². The molecule has 0 fully saturated rings. The van der Waals surface area contributed by atoms with Crippen molar-refractivity contribution in [1.82, 2.24) is 9.55 Å². The lowest BCUT2D eigenvalue weighted by Gasteiger charge is -2.23. The lowest BCUT2D eigenvalue weighted by Crippen LogP contribution is -2.14. The minimum atomic E-state index is -0.0866. The monoisotopic (exact) mass is 716 g/mol. The number of hydrogen-bond donors (Lipinski definition) is 0. The highest BCUT2D eigenvalue weighted by molar-refractivity contribution is 6.23. The van der Waals surface area contributed by atoms with Gasteiger partial charge in [0.1, 0.15) is 5.82 Å². The molecule has 1 aliphatic carbocycles. The third-order valence-corrected chi connectivity index (χ3v) is 12.3. The van der Waals surface area contributed by atoms with Crippen LogP contribution in [0.4, 0.5) is 0 Å². The third-order valence-electron chi connectivity index (χ3n) is 12.3. The number of hydrogen-bond acceptors (Lipinski definition) is 1. The molecule has 266 valence electrons. The Hall–Kier alpha value is -6.77. The van der Waals surface area contributed by atoms with Gasteiger partial charge in [-0.2, -0.15) is 0 Å². The van der Waals surface area contributed by atoms with Crippen molar-refractivity contribution in [3.05, 3.63) is 193 Å². The predicted octanol–water partition coefficient (Wildman–Crippen LogP) is 14.4. The highest BCUT2D eigenvalue weighted by atomic mass is 15.1. The molecule has 11 rings (SSSR count). The van der Waals surface area contributed by atoms with Crippen LogP contribution in [0.5, 0.6) is 0 Å². The standard InChI is InChI=1S/C54H40N2/c1-4-50-55-48-23-12-13-24-49(48)56(50)39-29-27-35-31-38(26-25-36(35)32-39)51-40-17-8-9-18-41(40)52(45-33-37(28-30-42(45)51)34-15-6-5-7-16-34)44-20-14-22-47-53(44)43-19-10-11-21-46(43)54(47,2)3/h5-33H,4H2,1-3H3. The molecule has 0 atom stereocenters. The number of imidazole rings is 1. The van der Waals surface area contributed by atoms with Crippen molar-refractivity contribution >= 4 is 43.4 Å². The van der Waals surface area contributed by atoms with Gasteiger partial charge >= 0.3 is 0 Å². The van der Waals surface area contributed by atoms with E-state index in [9.17, 15) is 0 Å². The summed E-state index contributed by atoms with van der Waals surface area (Å²) >= 11 is 0. The van der Waals surface area contributed by atoms with Crippen molar-refractivity contribution in [2.45, 2.75) is 32.6 Å². The number of para-hydroxylation sites is 2. The van der Waals surface area contributed by atoms with Crippen molar-refractivity contribution in [2.75, 3.05) is 0 Å². The second kappa shape index (κ2) is 12.4. The molecule has 0 amide bonds. The van der Waals surface area contributed by atoms with Crippen LogP contribution in [0.1, 0.15) is 37.7 Å². The molecule has 0 bridgehead atoms. The molecule has 9 aromatic carbocycles. The van der Waals surface area contributed by atoms with E-state index in [4.69, 9.17) is 4.98 Å². The first-order chi connectivity index (χ1) is 27.5. The average molecular weight is 717 g/mol. The number of nitrogens with zero attached hydrogens (tertiary/aromatic N) is 2. The van der Waals surface area contributed by atoms with Gasteiger partial charge < -0.3 is 0 Å². The molecule has 0 radical (unpaired) electrons. The Morgan fingerprint density at radius 3 is 1.98 bits per heavy atom. The van der Waals surface area contributed by atoms with Gasteiger partial charge in [-0.05, 0) is 124 Å². The SMILES string of the molecule is CCc1nc2ccccc2n1-c1ccc2cc(-c3c4ccccc4c(-c4cccc5c4-c4ccccc4C5(C)C)c4cc(-c5ccccc5)ccc34)ccc2c1. The zero-order valence-corrected chi connectivity index (χ0v) is 31.8. The Morgan fingerprint density at radius 1 is 0.464 bits per heavy atom. The van der Waals surface area contributed by atoms with Gasteiger partial charge in [-0.25, -0.2) is 4.98 Å². The van der Waals surface area contributed by atoms with Gasteiger partial charge in [0.25, 0.3) is 0 Å². The molecule has 2 nitrogen and oxygen atoms in total. The van der Waals surface area contributed by atoms with Gasteiger partial charge in [-0.1, -0.05) is 160 Å². The molecule has 0 saturated heterocycles. The van der Waals surface area contributed by atoms with E-state index in [-0.39, 0.29) is 5.41 Å². The topological polar surface area (TPSA) is 17.8 Å². The van der Waals surface area contributed by atoms with E-state index in [1.807, 2.05) is 0 Å². The smallest absolute Gasteiger partial charge is 0.114 e. The molecular formula is C54H40N2. The van der Waals surface area contributed by atoms with Crippen molar-refractivity contribution < 1.29 is 0 Å². The van der Waals surface area contributed by atoms with E-state index in [0.29, 0.717) is 0 Å². The number of benzene rings is 9. The summed E-state index contributed by atoms with van der Waals surface area (Å²) in [7, 11) is 0. The maximum absolute atomic E-state index is 4.95. The number of rotatable bonds is 5. The van der Waals surface area contributed by atoms with Gasteiger partial charge in [-0.3, -0.25) is 4.57 Å². The van der Waals surface area contributed by atoms with Crippen molar-refractivity contribution in [2.24, 2.45) is 0 Å². The van der Waals surface area contributed by atoms with Gasteiger partial charge in [0, 0.05) is 17.5 Å². The van der Waals surface area contributed by atoms with Gasteiger partial charge in [0.2, 0.25) is 0 Å². The van der Waals surface area contributed by atoms with Crippen LogP contribution in [0.2, 0.25) is 0 Å². The summed E-state index contributed by atoms with van der Waals surface area (Å²) < 4.78 is 2.31. The summed E-state index contributed by atoms with van der Waals surface area (Å²) in [4.78, 5) is 4.95. The number of fused-ring (bicyclic) bond motifs is 7. The molecular weight excluding hydrogens is 677 g/mol. The van der Waals surface area contributed by atoms with Gasteiger partial charge in [0.05, 0.1) is 11.0 Å². The minimum absolute atomic E-state index is 0.0866. The summed E-state index contributed by atoms with van der Waals surface area (Å²) in [5.41, 5.74) is 16.2. The van der Waals surface area contributed by atoms with E-state index < -0.39 is 0 Å². The van der Waals surface area contributed by atoms with Crippen LogP contribution >= 0.6 is 0 Å². The number of aryl methyl sites for hydroxylation is 1. The van der Waals surface area contributed by atoms with Crippen LogP contribution < -0.4 is 0 Å². The molecule has 10 aromatic rings. The Labute approximate surface area is 327 Å². The predicted molar refractivity (Wildman–Crippen MR) is 237 cm³/mol. The fraction of sp³-hybridized carbons (Fsp3) is 0.0926. The Bertz CT molecular complexity index is 3200. The minimum Gasteiger partial charge on any atom is -0.296 e. The lowest BCUT2D eigenvalue weighted by molar-refractivity contribution is 0.660. The first-order valence-corrected chi connectivity index (χ1v) is 19.8. The first-order valence-electron chi connectivity index (χ1n) is 19.8. The van der Waals surface area contributed by atoms with Crippen molar-refractivity contribution in [1.29, 1.82) is 0 Å². The fourth-order valence-corrected chi connectivity index (χ4v) is 9.68. The summed E-state index contributed by atoms with van der Waals surface area (Å²) in [6.45, 7) is 6.92. The number of aromatic nitrogens is 2. The maximum atomic E-state index is 4.95. The first kappa shape index (κ1) is 32.6. The van der Waals surface area contributed by atoms with E-state index in [1.54, 1.807) is 0 Å². The maximum Gasteiger partial charge on any atom is 0.114 e. The van der Waals surface area contributed by atoms with Crippen LogP contribution in [-0.4, -0.2) is 9.55 Å². The summed E-state index contributed by atoms with van der Waals surface area (Å²) in [5.74, 6) is 1.08. The molecule has 0 unspecified atom stereocenters. The average Bonchev–Trinajstić information content (AvgIpc) is 3.74. The van der Waals surface area contributed by atoms with Crippen LogP contribution in [0.3, 0.4) is 0 Å². The normalized spacial score (nSPS) is 13.1. The van der Waals surface area contributed by atoms with Gasteiger partial charge in [0.15, 0.2) is 0 Å². The van der Waals surface area contributed by atoms with Crippen LogP contribution in [0.25, 0.3) is 93.5 Å². The molecule has 1 heterocycles. The van der Waals surface area contributed by atoms with E-state index in [2.05, 4.69) is 201 Å². The molecule has 0 spiro atoms. The zero-order valence-electron chi connectivity index (χ0n) is 31.8. The lowest BCUT2D eigenvalue weighted by atomic mass is 9.80. The Morgan fingerprint density at radius 2 is 1.12 bits per heavy atom. The highest BCUT2D eigenvalue weighted by Crippen LogP contribution is 2.54. The molecule has 56 heavy (non-hydrogen) atoms. The van der Waals surface area contributed by atoms with E-state index >= 15 is 0 Å². The summed E-state index contributed by atoms with van der Waals surface area (Å²) in [6, 6.07) is 65.2. The van der Waals surface area contributed by atoms with Crippen molar-refractivity contribution in [3.63, 3.8) is 0 Å². The fourth-order valence-electron chi connectivity index (χ4n) is 9.68. The molecule has 2 heteroatoms. The Balaban J connectivity index is 1.17. The largest absolute Gasteiger partial charge is 0.296 e. The highest BCUT2D eigenvalue weighted by Gasteiger charge is 2.37. The third kappa shape index (κ3) is 4.79. The quantitative estimate of drug-likeness (QED) is 0.162. The molecule has 1 aromatic heterocycles.